The molecular weight excluding hydrogens is 464 g/mol. The minimum Gasteiger partial charge on any atom is -0.467 e. The number of piperidine rings is 1. The van der Waals surface area contributed by atoms with Crippen molar-refractivity contribution < 1.29 is 33.1 Å². The van der Waals surface area contributed by atoms with Crippen LogP contribution in [0.3, 0.4) is 0 Å². The first-order valence-electron chi connectivity index (χ1n) is 12.2. The number of fused-ring (bicyclic) bond motifs is 2. The first-order chi connectivity index (χ1) is 17.4. The second-order valence-electron chi connectivity index (χ2n) is 9.77. The van der Waals surface area contributed by atoms with Gasteiger partial charge in [-0.3, -0.25) is 14.4 Å². The van der Waals surface area contributed by atoms with Crippen molar-refractivity contribution in [3.05, 3.63) is 66.1 Å². The summed E-state index contributed by atoms with van der Waals surface area (Å²) in [5.74, 6) is -2.49. The Morgan fingerprint density at radius 2 is 2.06 bits per heavy atom. The molecule has 9 nitrogen and oxygen atoms in total. The molecule has 2 amide bonds. The van der Waals surface area contributed by atoms with Crippen molar-refractivity contribution in [2.24, 2.45) is 17.8 Å². The predicted molar refractivity (Wildman–Crippen MR) is 126 cm³/mol. The highest BCUT2D eigenvalue weighted by molar-refractivity contribution is 6.01. The molecule has 1 N–H and O–H groups in total. The number of nitrogens with one attached hydrogen (secondary N) is 1. The fourth-order valence-electron chi connectivity index (χ4n) is 6.43. The lowest BCUT2D eigenvalue weighted by Crippen LogP contribution is -2.55. The molecule has 186 valence electrons. The minimum absolute atomic E-state index is 0.0320. The molecule has 0 saturated carbocycles. The highest BCUT2D eigenvalue weighted by atomic mass is 16.5. The average molecular weight is 491 g/mol. The van der Waals surface area contributed by atoms with E-state index in [0.29, 0.717) is 17.0 Å². The second kappa shape index (κ2) is 8.16. The first kappa shape index (κ1) is 22.7. The third kappa shape index (κ3) is 3.12. The largest absolute Gasteiger partial charge is 0.467 e. The average Bonchev–Trinajstić information content (AvgIpc) is 3.64. The van der Waals surface area contributed by atoms with Gasteiger partial charge in [0.15, 0.2) is 0 Å². The van der Waals surface area contributed by atoms with Crippen LogP contribution in [0.25, 0.3) is 0 Å². The summed E-state index contributed by atoms with van der Waals surface area (Å²) >= 11 is 0. The number of carbonyl (C=O) groups excluding carboxylic acids is 4. The molecule has 3 saturated heterocycles. The van der Waals surface area contributed by atoms with Gasteiger partial charge in [-0.2, -0.15) is 0 Å². The molecule has 0 unspecified atom stereocenters. The Morgan fingerprint density at radius 3 is 2.81 bits per heavy atom. The van der Waals surface area contributed by atoms with Gasteiger partial charge in [-0.25, -0.2) is 4.79 Å². The Bertz CT molecular complexity index is 1280. The quantitative estimate of drug-likeness (QED) is 0.506. The topological polar surface area (TPSA) is 115 Å². The zero-order chi connectivity index (χ0) is 25.2. The number of anilines is 1. The Kier molecular flexibility index (Phi) is 5.15. The van der Waals surface area contributed by atoms with Gasteiger partial charge in [0.1, 0.15) is 17.1 Å². The SMILES string of the molecule is CCOC(=O)c1cccc(NC(=O)[C@@H]2[C@@H]3C=C[C@]4(O3)[C@@H]3[C@H](C)C(=O)C[C@H](c5ccco5)N3C(=O)[C@@H]24)c1. The van der Waals surface area contributed by atoms with Gasteiger partial charge in [0.25, 0.3) is 0 Å². The van der Waals surface area contributed by atoms with E-state index in [1.807, 2.05) is 19.1 Å². The number of esters is 1. The number of furan rings is 1. The van der Waals surface area contributed by atoms with Crippen molar-refractivity contribution in [3.63, 3.8) is 0 Å². The molecule has 0 aliphatic carbocycles. The number of amides is 2. The van der Waals surface area contributed by atoms with Gasteiger partial charge >= 0.3 is 5.97 Å². The number of benzene rings is 1. The fraction of sp³-hybridized carbons (Fsp3) is 0.407. The van der Waals surface area contributed by atoms with E-state index >= 15 is 0 Å². The van der Waals surface area contributed by atoms with Crippen LogP contribution in [0, 0.1) is 17.8 Å². The summed E-state index contributed by atoms with van der Waals surface area (Å²) in [6.07, 6.45) is 4.78. The van der Waals surface area contributed by atoms with Gasteiger partial charge in [-0.05, 0) is 37.3 Å². The van der Waals surface area contributed by atoms with E-state index in [9.17, 15) is 19.2 Å². The molecule has 2 aromatic rings. The zero-order valence-corrected chi connectivity index (χ0v) is 19.9. The molecule has 2 bridgehead atoms. The third-order valence-corrected chi connectivity index (χ3v) is 7.90. The third-order valence-electron chi connectivity index (χ3n) is 7.90. The number of hydrogen-bond acceptors (Lipinski definition) is 7. The van der Waals surface area contributed by atoms with E-state index in [-0.39, 0.29) is 30.6 Å². The van der Waals surface area contributed by atoms with Gasteiger partial charge < -0.3 is 24.1 Å². The maximum Gasteiger partial charge on any atom is 0.338 e. The standard InChI is InChI=1S/C27H26N2O7/c1-3-34-26(33)15-6-4-7-16(12-15)28-24(31)21-20-9-10-27(36-20)22(21)25(32)29-17(19-8-5-11-35-19)13-18(30)14(2)23(27)29/h4-12,14,17,20-23H,3,13H2,1-2H3,(H,28,31)/t14-,17-,20+,21-,22-,23+,27-/m1/s1. The van der Waals surface area contributed by atoms with Crippen molar-refractivity contribution in [1.29, 1.82) is 0 Å². The van der Waals surface area contributed by atoms with Crippen LogP contribution in [0.4, 0.5) is 5.69 Å². The summed E-state index contributed by atoms with van der Waals surface area (Å²) in [7, 11) is 0. The van der Waals surface area contributed by atoms with Crippen LogP contribution in [0.5, 0.6) is 0 Å². The van der Waals surface area contributed by atoms with Crippen LogP contribution in [0.15, 0.2) is 59.2 Å². The maximum atomic E-state index is 14.0. The van der Waals surface area contributed by atoms with Crippen LogP contribution >= 0.6 is 0 Å². The number of nitrogens with zero attached hydrogens (tertiary/aromatic N) is 1. The maximum absolute atomic E-state index is 14.0. The highest BCUT2D eigenvalue weighted by Crippen LogP contribution is 2.60. The van der Waals surface area contributed by atoms with Crippen molar-refractivity contribution in [3.8, 4) is 0 Å². The monoisotopic (exact) mass is 490 g/mol. The van der Waals surface area contributed by atoms with E-state index < -0.39 is 47.5 Å². The molecule has 1 spiro atoms. The number of ether oxygens (including phenoxy) is 2. The molecule has 1 aromatic carbocycles. The molecule has 4 aliphatic rings. The van der Waals surface area contributed by atoms with E-state index in [1.165, 1.54) is 6.26 Å². The molecule has 0 radical (unpaired) electrons. The number of carbonyl (C=O) groups is 4. The molecule has 5 heterocycles. The van der Waals surface area contributed by atoms with Crippen molar-refractivity contribution in [2.75, 3.05) is 11.9 Å². The lowest BCUT2D eigenvalue weighted by Gasteiger charge is -2.43. The van der Waals surface area contributed by atoms with Gasteiger partial charge in [0.2, 0.25) is 11.8 Å². The molecule has 9 heteroatoms. The zero-order valence-electron chi connectivity index (χ0n) is 19.9. The van der Waals surface area contributed by atoms with E-state index in [2.05, 4.69) is 5.32 Å². The lowest BCUT2D eigenvalue weighted by molar-refractivity contribution is -0.147. The van der Waals surface area contributed by atoms with E-state index in [4.69, 9.17) is 13.9 Å². The first-order valence-corrected chi connectivity index (χ1v) is 12.2. The van der Waals surface area contributed by atoms with Gasteiger partial charge in [0.05, 0.1) is 48.5 Å². The molecular formula is C27H26N2O7. The summed E-state index contributed by atoms with van der Waals surface area (Å²) in [5.41, 5.74) is -0.318. The van der Waals surface area contributed by atoms with E-state index in [1.54, 1.807) is 48.2 Å². The Balaban J connectivity index is 1.32. The van der Waals surface area contributed by atoms with Crippen LogP contribution in [0.2, 0.25) is 0 Å². The smallest absolute Gasteiger partial charge is 0.338 e. The predicted octanol–water partition coefficient (Wildman–Crippen LogP) is 2.90. The summed E-state index contributed by atoms with van der Waals surface area (Å²) in [6, 6.07) is 8.91. The Hall–Kier alpha value is -3.72. The van der Waals surface area contributed by atoms with Gasteiger partial charge in [0, 0.05) is 18.0 Å². The molecule has 7 atom stereocenters. The van der Waals surface area contributed by atoms with Crippen LogP contribution in [0.1, 0.15) is 42.4 Å². The van der Waals surface area contributed by atoms with Crippen LogP contribution in [-0.2, 0) is 23.9 Å². The molecule has 3 fully saturated rings. The lowest BCUT2D eigenvalue weighted by atomic mass is 9.70. The second-order valence-corrected chi connectivity index (χ2v) is 9.77. The number of ketones is 1. The summed E-state index contributed by atoms with van der Waals surface area (Å²) in [4.78, 5) is 54.4. The minimum atomic E-state index is -1.06. The normalized spacial score (nSPS) is 34.0. The van der Waals surface area contributed by atoms with Crippen molar-refractivity contribution >= 4 is 29.3 Å². The van der Waals surface area contributed by atoms with Gasteiger partial charge in [-0.1, -0.05) is 25.1 Å². The Labute approximate surface area is 207 Å². The number of rotatable bonds is 5. The van der Waals surface area contributed by atoms with E-state index in [0.717, 1.165) is 0 Å². The molecule has 1 aromatic heterocycles. The van der Waals surface area contributed by atoms with Crippen molar-refractivity contribution in [2.45, 2.75) is 44.1 Å². The fourth-order valence-corrected chi connectivity index (χ4v) is 6.43. The summed E-state index contributed by atoms with van der Waals surface area (Å²) in [5, 5.41) is 2.86. The summed E-state index contributed by atoms with van der Waals surface area (Å²) in [6.45, 7) is 3.78. The molecule has 6 rings (SSSR count). The Morgan fingerprint density at radius 1 is 1.22 bits per heavy atom. The highest BCUT2D eigenvalue weighted by Gasteiger charge is 2.74. The van der Waals surface area contributed by atoms with Crippen LogP contribution in [-0.4, -0.2) is 52.8 Å². The molecule has 36 heavy (non-hydrogen) atoms. The number of Topliss-reactive ketones (excluding diaryl/α,β-unsaturated/α-hetero) is 1. The van der Waals surface area contributed by atoms with Crippen LogP contribution < -0.4 is 5.32 Å². The molecule has 4 aliphatic heterocycles. The van der Waals surface area contributed by atoms with Gasteiger partial charge in [-0.15, -0.1) is 0 Å². The number of hydrogen-bond donors (Lipinski definition) is 1. The summed E-state index contributed by atoms with van der Waals surface area (Å²) < 4.78 is 17.0. The van der Waals surface area contributed by atoms with Crippen molar-refractivity contribution in [1.82, 2.24) is 4.90 Å².